The van der Waals surface area contributed by atoms with Crippen molar-refractivity contribution in [2.45, 2.75) is 45.7 Å². The second-order valence-corrected chi connectivity index (χ2v) is 7.14. The Bertz CT molecular complexity index is 966. The molecular weight excluding hydrogens is 338 g/mol. The van der Waals surface area contributed by atoms with Gasteiger partial charge in [0.1, 0.15) is 11.6 Å². The van der Waals surface area contributed by atoms with Crippen molar-refractivity contribution in [3.63, 3.8) is 0 Å². The minimum Gasteiger partial charge on any atom is -0.361 e. The van der Waals surface area contributed by atoms with E-state index >= 15 is 0 Å². The fraction of sp³-hybridized carbons (Fsp3) is 0.450. The number of fused-ring (bicyclic) bond motifs is 2. The lowest BCUT2D eigenvalue weighted by Gasteiger charge is -2.25. The van der Waals surface area contributed by atoms with E-state index in [1.165, 1.54) is 22.0 Å². The number of nitrogens with one attached hydrogen (secondary N) is 3. The Morgan fingerprint density at radius 1 is 1.37 bits per heavy atom. The molecule has 0 aliphatic carbocycles. The fourth-order valence-corrected chi connectivity index (χ4v) is 3.85. The number of para-hydroxylation sites is 1. The summed E-state index contributed by atoms with van der Waals surface area (Å²) in [6.45, 7) is 5.84. The van der Waals surface area contributed by atoms with Crippen LogP contribution in [0.15, 0.2) is 29.4 Å². The highest BCUT2D eigenvalue weighted by Gasteiger charge is 2.24. The maximum absolute atomic E-state index is 4.59. The lowest BCUT2D eigenvalue weighted by molar-refractivity contribution is 0.398. The van der Waals surface area contributed by atoms with Crippen molar-refractivity contribution in [3.05, 3.63) is 47.2 Å². The summed E-state index contributed by atoms with van der Waals surface area (Å²) in [5.41, 5.74) is 3.83. The monoisotopic (exact) mass is 365 g/mol. The average molecular weight is 365 g/mol. The third-order valence-electron chi connectivity index (χ3n) is 5.21. The number of aliphatic imine (C=N–C) groups is 1. The summed E-state index contributed by atoms with van der Waals surface area (Å²) in [6.07, 6.45) is 5.19. The minimum absolute atomic E-state index is 0.155. The highest BCUT2D eigenvalue weighted by Crippen LogP contribution is 2.23. The van der Waals surface area contributed by atoms with Gasteiger partial charge in [-0.1, -0.05) is 18.2 Å². The summed E-state index contributed by atoms with van der Waals surface area (Å²) in [5, 5.41) is 12.7. The van der Waals surface area contributed by atoms with Gasteiger partial charge in [0.15, 0.2) is 5.96 Å². The van der Waals surface area contributed by atoms with Crippen LogP contribution in [0.2, 0.25) is 0 Å². The van der Waals surface area contributed by atoms with Gasteiger partial charge in [-0.25, -0.2) is 9.67 Å². The number of nitrogens with zero attached hydrogens (tertiary/aromatic N) is 4. The number of hydrogen-bond donors (Lipinski definition) is 3. The Hall–Kier alpha value is -2.83. The maximum atomic E-state index is 4.59. The lowest BCUT2D eigenvalue weighted by Crippen LogP contribution is -2.42. The van der Waals surface area contributed by atoms with Crippen molar-refractivity contribution >= 4 is 16.9 Å². The molecule has 0 fully saturated rings. The normalized spacial score (nSPS) is 17.1. The molecule has 0 bridgehead atoms. The van der Waals surface area contributed by atoms with Gasteiger partial charge in [0.25, 0.3) is 0 Å². The lowest BCUT2D eigenvalue weighted by atomic mass is 10.1. The Balaban J connectivity index is 1.38. The van der Waals surface area contributed by atoms with Crippen molar-refractivity contribution in [2.75, 3.05) is 13.6 Å². The van der Waals surface area contributed by atoms with Crippen molar-refractivity contribution in [1.82, 2.24) is 30.4 Å². The Kier molecular flexibility index (Phi) is 4.83. The van der Waals surface area contributed by atoms with Crippen LogP contribution in [0, 0.1) is 13.8 Å². The standard InChI is InChI=1S/C20H27N7/c1-13-6-4-7-16-15(12-23-18(13)16)9-10-22-20(21-3)25-17-8-5-11-27-19(17)24-14(2)26-27/h4,6-7,12,17,23H,5,8-11H2,1-3H3,(H2,21,22,25). The van der Waals surface area contributed by atoms with E-state index in [0.29, 0.717) is 0 Å². The second-order valence-electron chi connectivity index (χ2n) is 7.14. The van der Waals surface area contributed by atoms with Crippen LogP contribution in [-0.4, -0.2) is 39.3 Å². The number of aromatic amines is 1. The number of benzene rings is 1. The van der Waals surface area contributed by atoms with Crippen LogP contribution in [-0.2, 0) is 13.0 Å². The number of rotatable bonds is 4. The molecule has 7 nitrogen and oxygen atoms in total. The molecule has 1 aromatic carbocycles. The van der Waals surface area contributed by atoms with E-state index in [1.54, 1.807) is 0 Å². The molecule has 2 aromatic heterocycles. The summed E-state index contributed by atoms with van der Waals surface area (Å²) in [7, 11) is 1.81. The van der Waals surface area contributed by atoms with Crippen molar-refractivity contribution < 1.29 is 0 Å². The first-order valence-corrected chi connectivity index (χ1v) is 9.60. The quantitative estimate of drug-likeness (QED) is 0.490. The van der Waals surface area contributed by atoms with Gasteiger partial charge in [0.2, 0.25) is 0 Å². The van der Waals surface area contributed by atoms with Gasteiger partial charge in [-0.3, -0.25) is 4.99 Å². The molecule has 0 spiro atoms. The molecule has 4 rings (SSSR count). The van der Waals surface area contributed by atoms with Crippen LogP contribution in [0.25, 0.3) is 10.9 Å². The summed E-state index contributed by atoms with van der Waals surface area (Å²) >= 11 is 0. The molecule has 0 amide bonds. The largest absolute Gasteiger partial charge is 0.361 e. The molecule has 3 N–H and O–H groups in total. The molecule has 1 atom stereocenters. The van der Waals surface area contributed by atoms with Crippen LogP contribution in [0.3, 0.4) is 0 Å². The van der Waals surface area contributed by atoms with E-state index in [4.69, 9.17) is 0 Å². The molecule has 0 radical (unpaired) electrons. The van der Waals surface area contributed by atoms with Gasteiger partial charge in [0, 0.05) is 37.2 Å². The Morgan fingerprint density at radius 2 is 2.26 bits per heavy atom. The molecule has 3 heterocycles. The predicted octanol–water partition coefficient (Wildman–Crippen LogP) is 2.62. The molecule has 0 saturated carbocycles. The molecule has 142 valence electrons. The van der Waals surface area contributed by atoms with Crippen molar-refractivity contribution in [2.24, 2.45) is 4.99 Å². The van der Waals surface area contributed by atoms with Gasteiger partial charge in [-0.2, -0.15) is 5.10 Å². The van der Waals surface area contributed by atoms with Gasteiger partial charge < -0.3 is 15.6 Å². The maximum Gasteiger partial charge on any atom is 0.191 e. The topological polar surface area (TPSA) is 82.9 Å². The number of H-pyrrole nitrogens is 1. The highest BCUT2D eigenvalue weighted by atomic mass is 15.4. The Morgan fingerprint density at radius 3 is 3.11 bits per heavy atom. The van der Waals surface area contributed by atoms with Crippen LogP contribution in [0.5, 0.6) is 0 Å². The molecule has 0 saturated heterocycles. The predicted molar refractivity (Wildman–Crippen MR) is 108 cm³/mol. The van der Waals surface area contributed by atoms with Crippen LogP contribution >= 0.6 is 0 Å². The molecule has 1 aliphatic rings. The SMILES string of the molecule is CN=C(NCCc1c[nH]c2c(C)cccc12)NC1CCCn2nc(C)nc21. The zero-order valence-electron chi connectivity index (χ0n) is 16.2. The van der Waals surface area contributed by atoms with E-state index in [1.807, 2.05) is 18.7 Å². The zero-order valence-corrected chi connectivity index (χ0v) is 16.2. The molecule has 1 aliphatic heterocycles. The molecule has 3 aromatic rings. The van der Waals surface area contributed by atoms with Crippen LogP contribution < -0.4 is 10.6 Å². The Labute approximate surface area is 159 Å². The summed E-state index contributed by atoms with van der Waals surface area (Å²) < 4.78 is 2.01. The van der Waals surface area contributed by atoms with E-state index in [9.17, 15) is 0 Å². The van der Waals surface area contributed by atoms with E-state index in [-0.39, 0.29) is 6.04 Å². The molecular formula is C20H27N7. The van der Waals surface area contributed by atoms with Crippen molar-refractivity contribution in [3.8, 4) is 0 Å². The molecule has 7 heteroatoms. The number of hydrogen-bond acceptors (Lipinski definition) is 3. The third-order valence-corrected chi connectivity index (χ3v) is 5.21. The second kappa shape index (κ2) is 7.42. The average Bonchev–Trinajstić information content (AvgIpc) is 3.25. The molecule has 1 unspecified atom stereocenters. The van der Waals surface area contributed by atoms with Crippen LogP contribution in [0.1, 0.15) is 41.7 Å². The first kappa shape index (κ1) is 17.6. The first-order chi connectivity index (χ1) is 13.2. The number of aryl methyl sites for hydroxylation is 3. The van der Waals surface area contributed by atoms with E-state index in [0.717, 1.165) is 50.0 Å². The minimum atomic E-state index is 0.155. The smallest absolute Gasteiger partial charge is 0.191 e. The number of aromatic nitrogens is 4. The van der Waals surface area contributed by atoms with Crippen molar-refractivity contribution in [1.29, 1.82) is 0 Å². The fourth-order valence-electron chi connectivity index (χ4n) is 3.85. The zero-order chi connectivity index (χ0) is 18.8. The third kappa shape index (κ3) is 3.54. The van der Waals surface area contributed by atoms with E-state index < -0.39 is 0 Å². The number of guanidine groups is 1. The van der Waals surface area contributed by atoms with Crippen LogP contribution in [0.4, 0.5) is 0 Å². The summed E-state index contributed by atoms with van der Waals surface area (Å²) in [5.74, 6) is 2.65. The van der Waals surface area contributed by atoms with Gasteiger partial charge in [-0.05, 0) is 44.2 Å². The van der Waals surface area contributed by atoms with Gasteiger partial charge in [-0.15, -0.1) is 0 Å². The molecule has 27 heavy (non-hydrogen) atoms. The van der Waals surface area contributed by atoms with Gasteiger partial charge in [0.05, 0.1) is 6.04 Å². The summed E-state index contributed by atoms with van der Waals surface area (Å²) in [4.78, 5) is 12.4. The first-order valence-electron chi connectivity index (χ1n) is 9.60. The van der Waals surface area contributed by atoms with E-state index in [2.05, 4.69) is 62.0 Å². The highest BCUT2D eigenvalue weighted by molar-refractivity contribution is 5.86. The summed E-state index contributed by atoms with van der Waals surface area (Å²) in [6, 6.07) is 6.58. The van der Waals surface area contributed by atoms with Gasteiger partial charge >= 0.3 is 0 Å².